The zero-order valence-corrected chi connectivity index (χ0v) is 20.7. The lowest BCUT2D eigenvalue weighted by atomic mass is 10.1. The summed E-state index contributed by atoms with van der Waals surface area (Å²) in [6.07, 6.45) is 8.97. The van der Waals surface area contributed by atoms with Gasteiger partial charge in [0.25, 0.3) is 5.91 Å². The number of aromatic hydroxyl groups is 1. The van der Waals surface area contributed by atoms with Gasteiger partial charge in [-0.1, -0.05) is 50.0 Å². The molecule has 0 aliphatic heterocycles. The first-order chi connectivity index (χ1) is 16.4. The van der Waals surface area contributed by atoms with Gasteiger partial charge in [0.05, 0.1) is 11.9 Å². The van der Waals surface area contributed by atoms with Crippen molar-refractivity contribution in [1.82, 2.24) is 20.1 Å². The van der Waals surface area contributed by atoms with Crippen LogP contribution in [-0.2, 0) is 11.3 Å². The summed E-state index contributed by atoms with van der Waals surface area (Å²) in [5, 5.41) is 23.6. The molecule has 4 N–H and O–H groups in total. The number of carbonyl (C=O) groups excluding carboxylic acids is 2. The number of phenolic OH excluding ortho intramolecular Hbond substituents is 1. The highest BCUT2D eigenvalue weighted by Crippen LogP contribution is 2.29. The molecule has 0 bridgehead atoms. The Hall–Kier alpha value is -3.40. The number of nitrogens with one attached hydrogen (secondary N) is 3. The zero-order chi connectivity index (χ0) is 24.5. The molecule has 9 nitrogen and oxygen atoms in total. The third kappa shape index (κ3) is 7.05. The maximum atomic E-state index is 12.7. The van der Waals surface area contributed by atoms with Gasteiger partial charge in [0.15, 0.2) is 10.9 Å². The van der Waals surface area contributed by atoms with Crippen molar-refractivity contribution in [3.8, 4) is 5.75 Å². The third-order valence-electron chi connectivity index (χ3n) is 5.40. The van der Waals surface area contributed by atoms with E-state index in [2.05, 4.69) is 33.0 Å². The van der Waals surface area contributed by atoms with Crippen molar-refractivity contribution in [2.75, 3.05) is 17.2 Å². The molecule has 0 fully saturated rings. The Morgan fingerprint density at radius 1 is 1.12 bits per heavy atom. The van der Waals surface area contributed by atoms with Gasteiger partial charge in [0.2, 0.25) is 5.91 Å². The monoisotopic (exact) mass is 484 g/mol. The summed E-state index contributed by atoms with van der Waals surface area (Å²) in [7, 11) is 0. The van der Waals surface area contributed by atoms with Crippen LogP contribution in [0.1, 0.15) is 59.8 Å². The topological polar surface area (TPSA) is 121 Å². The number of benzene rings is 1. The van der Waals surface area contributed by atoms with E-state index in [4.69, 9.17) is 0 Å². The van der Waals surface area contributed by atoms with Gasteiger partial charge in [-0.3, -0.25) is 14.3 Å². The molecule has 10 heteroatoms. The lowest BCUT2D eigenvalue weighted by Gasteiger charge is -2.11. The zero-order valence-electron chi connectivity index (χ0n) is 19.9. The number of carbonyl (C=O) groups is 2. The molecular weight excluding hydrogens is 452 g/mol. The minimum absolute atomic E-state index is 0.0733. The summed E-state index contributed by atoms with van der Waals surface area (Å²) in [6, 6.07) is 5.10. The summed E-state index contributed by atoms with van der Waals surface area (Å²) in [6.45, 7) is 6.62. The molecule has 0 radical (unpaired) electrons. The molecule has 0 unspecified atom stereocenters. The van der Waals surface area contributed by atoms with Crippen LogP contribution in [0.5, 0.6) is 5.75 Å². The van der Waals surface area contributed by atoms with Gasteiger partial charge < -0.3 is 21.1 Å². The average molecular weight is 485 g/mol. The van der Waals surface area contributed by atoms with Crippen LogP contribution >= 0.6 is 11.3 Å². The summed E-state index contributed by atoms with van der Waals surface area (Å²) in [4.78, 5) is 29.4. The highest BCUT2D eigenvalue weighted by molar-refractivity contribution is 7.17. The van der Waals surface area contributed by atoms with Crippen LogP contribution in [0.15, 0.2) is 30.6 Å². The Kier molecular flexibility index (Phi) is 9.03. The fraction of sp³-hybridized carbons (Fsp3) is 0.417. The number of hydrogen-bond acceptors (Lipinski definition) is 7. The molecular formula is C24H32N6O3S. The van der Waals surface area contributed by atoms with Crippen molar-refractivity contribution in [2.45, 2.75) is 59.4 Å². The maximum Gasteiger partial charge on any atom is 0.267 e. The molecule has 3 rings (SSSR count). The number of unbranched alkanes of at least 4 members (excludes halogenated alkanes) is 4. The average Bonchev–Trinajstić information content (AvgIpc) is 3.46. The molecule has 2 aromatic heterocycles. The van der Waals surface area contributed by atoms with Crippen molar-refractivity contribution < 1.29 is 14.7 Å². The molecule has 0 aliphatic carbocycles. The van der Waals surface area contributed by atoms with Gasteiger partial charge in [-0.05, 0) is 31.9 Å². The van der Waals surface area contributed by atoms with E-state index in [0.717, 1.165) is 18.4 Å². The lowest BCUT2D eigenvalue weighted by Crippen LogP contribution is -2.28. The Labute approximate surface area is 203 Å². The second-order valence-electron chi connectivity index (χ2n) is 8.17. The van der Waals surface area contributed by atoms with Gasteiger partial charge in [0, 0.05) is 24.4 Å². The van der Waals surface area contributed by atoms with Gasteiger partial charge in [-0.2, -0.15) is 5.10 Å². The second kappa shape index (κ2) is 12.2. The number of anilines is 3. The SMILES string of the molecule is CCCCCCCNC(=O)Cn1ccc(Nc2ncc(C(=O)Nc3c(C)ccc(O)c3C)s2)n1. The molecule has 1 aromatic carbocycles. The van der Waals surface area contributed by atoms with Gasteiger partial charge >= 0.3 is 0 Å². The van der Waals surface area contributed by atoms with Crippen molar-refractivity contribution in [2.24, 2.45) is 0 Å². The summed E-state index contributed by atoms with van der Waals surface area (Å²) < 4.78 is 1.56. The molecule has 2 heterocycles. The Morgan fingerprint density at radius 2 is 1.91 bits per heavy atom. The van der Waals surface area contributed by atoms with Crippen LogP contribution in [0.3, 0.4) is 0 Å². The van der Waals surface area contributed by atoms with Crippen LogP contribution in [0.4, 0.5) is 16.6 Å². The van der Waals surface area contributed by atoms with E-state index in [1.54, 1.807) is 36.0 Å². The molecule has 0 aliphatic rings. The number of rotatable bonds is 12. The van der Waals surface area contributed by atoms with Crippen LogP contribution in [-0.4, -0.2) is 38.2 Å². The van der Waals surface area contributed by atoms with Crippen molar-refractivity contribution in [3.63, 3.8) is 0 Å². The Morgan fingerprint density at radius 3 is 2.71 bits per heavy atom. The Balaban J connectivity index is 1.49. The summed E-state index contributed by atoms with van der Waals surface area (Å²) in [5.74, 6) is 0.285. The second-order valence-corrected chi connectivity index (χ2v) is 9.20. The van der Waals surface area contributed by atoms with E-state index < -0.39 is 0 Å². The molecule has 0 saturated heterocycles. The first-order valence-electron chi connectivity index (χ1n) is 11.5. The summed E-state index contributed by atoms with van der Waals surface area (Å²) in [5.41, 5.74) is 2.06. The minimum Gasteiger partial charge on any atom is -0.508 e. The largest absolute Gasteiger partial charge is 0.508 e. The normalized spacial score (nSPS) is 10.8. The van der Waals surface area contributed by atoms with Gasteiger partial charge in [-0.25, -0.2) is 4.98 Å². The minimum atomic E-state index is -0.306. The van der Waals surface area contributed by atoms with E-state index in [9.17, 15) is 14.7 Å². The quantitative estimate of drug-likeness (QED) is 0.275. The smallest absolute Gasteiger partial charge is 0.267 e. The van der Waals surface area contributed by atoms with Gasteiger partial charge in [0.1, 0.15) is 17.2 Å². The van der Waals surface area contributed by atoms with Crippen LogP contribution in [0.25, 0.3) is 0 Å². The maximum absolute atomic E-state index is 12.7. The molecule has 182 valence electrons. The third-order valence-corrected chi connectivity index (χ3v) is 6.31. The predicted molar refractivity (Wildman–Crippen MR) is 135 cm³/mol. The fourth-order valence-corrected chi connectivity index (χ4v) is 4.14. The molecule has 3 aromatic rings. The number of phenols is 1. The standard InChI is InChI=1S/C24H32N6O3S/c1-4-5-6-7-8-12-25-21(32)15-30-13-11-20(29-30)27-24-26-14-19(34-24)23(33)28-22-16(2)9-10-18(31)17(22)3/h9-11,13-14,31H,4-8,12,15H2,1-3H3,(H,25,32)(H,28,33)(H,26,27,29). The van der Waals surface area contributed by atoms with Crippen LogP contribution in [0.2, 0.25) is 0 Å². The van der Waals surface area contributed by atoms with E-state index in [0.29, 0.717) is 33.6 Å². The highest BCUT2D eigenvalue weighted by Gasteiger charge is 2.15. The number of thiazole rings is 1. The number of nitrogens with zero attached hydrogens (tertiary/aromatic N) is 3. The molecule has 0 saturated carbocycles. The van der Waals surface area contributed by atoms with Crippen molar-refractivity contribution >= 4 is 39.8 Å². The van der Waals surface area contributed by atoms with Crippen molar-refractivity contribution in [3.05, 3.63) is 46.6 Å². The molecule has 0 atom stereocenters. The number of amides is 2. The first kappa shape index (κ1) is 25.2. The number of hydrogen-bond donors (Lipinski definition) is 4. The fourth-order valence-electron chi connectivity index (χ4n) is 3.43. The van der Waals surface area contributed by atoms with E-state index >= 15 is 0 Å². The molecule has 34 heavy (non-hydrogen) atoms. The van der Waals surface area contributed by atoms with E-state index in [1.165, 1.54) is 36.8 Å². The first-order valence-corrected chi connectivity index (χ1v) is 12.3. The molecule has 0 spiro atoms. The number of aromatic nitrogens is 3. The molecule has 2 amide bonds. The lowest BCUT2D eigenvalue weighted by molar-refractivity contribution is -0.121. The van der Waals surface area contributed by atoms with E-state index in [-0.39, 0.29) is 24.1 Å². The van der Waals surface area contributed by atoms with Crippen molar-refractivity contribution in [1.29, 1.82) is 0 Å². The van der Waals surface area contributed by atoms with Gasteiger partial charge in [-0.15, -0.1) is 0 Å². The summed E-state index contributed by atoms with van der Waals surface area (Å²) >= 11 is 1.19. The van der Waals surface area contributed by atoms with E-state index in [1.807, 2.05) is 6.92 Å². The van der Waals surface area contributed by atoms with Crippen LogP contribution in [0, 0.1) is 13.8 Å². The predicted octanol–water partition coefficient (Wildman–Crippen LogP) is 4.74. The van der Waals surface area contributed by atoms with Crippen LogP contribution < -0.4 is 16.0 Å². The number of aryl methyl sites for hydroxylation is 1. The highest BCUT2D eigenvalue weighted by atomic mass is 32.1. The Bertz CT molecular complexity index is 1120.